The van der Waals surface area contributed by atoms with E-state index in [2.05, 4.69) is 4.99 Å². The normalized spacial score (nSPS) is 18.3. The number of hydrogen-bond acceptors (Lipinski definition) is 2. The lowest BCUT2D eigenvalue weighted by Gasteiger charge is -2.37. The molecule has 0 unspecified atom stereocenters. The third-order valence-electron chi connectivity index (χ3n) is 4.11. The molecule has 0 saturated carbocycles. The van der Waals surface area contributed by atoms with Crippen LogP contribution in [0, 0.1) is 0 Å². The maximum absolute atomic E-state index is 13.0. The van der Waals surface area contributed by atoms with Crippen LogP contribution in [0.1, 0.15) is 11.1 Å². The van der Waals surface area contributed by atoms with Crippen LogP contribution in [-0.4, -0.2) is 16.6 Å². The van der Waals surface area contributed by atoms with Crippen LogP contribution in [0.25, 0.3) is 0 Å². The number of amides is 1. The lowest BCUT2D eigenvalue weighted by Crippen LogP contribution is -2.47. The summed E-state index contributed by atoms with van der Waals surface area (Å²) in [7, 11) is 0. The predicted molar refractivity (Wildman–Crippen MR) is 86.2 cm³/mol. The van der Waals surface area contributed by atoms with E-state index in [9.17, 15) is 4.79 Å². The molecule has 0 atom stereocenters. The fourth-order valence-corrected chi connectivity index (χ4v) is 3.15. The van der Waals surface area contributed by atoms with Gasteiger partial charge in [-0.3, -0.25) is 4.79 Å². The molecule has 0 aliphatic carbocycles. The third-order valence-corrected chi connectivity index (χ3v) is 4.11. The van der Waals surface area contributed by atoms with Crippen LogP contribution in [0.2, 0.25) is 0 Å². The van der Waals surface area contributed by atoms with Crippen molar-refractivity contribution < 1.29 is 4.79 Å². The molecule has 2 aromatic carbocycles. The molecule has 0 N–H and O–H groups in total. The Bertz CT molecular complexity index is 764. The van der Waals surface area contributed by atoms with Gasteiger partial charge in [-0.25, -0.2) is 0 Å². The van der Waals surface area contributed by atoms with Gasteiger partial charge in [0.2, 0.25) is 0 Å². The number of rotatable bonds is 2. The van der Waals surface area contributed by atoms with Gasteiger partial charge in [0.1, 0.15) is 5.84 Å². The van der Waals surface area contributed by atoms with Crippen LogP contribution in [0.3, 0.4) is 0 Å². The summed E-state index contributed by atoms with van der Waals surface area (Å²) in [6.07, 6.45) is 7.61. The van der Waals surface area contributed by atoms with Gasteiger partial charge in [0.05, 0.1) is 0 Å². The SMILES string of the molecule is O=C1N=C2C=CC=CN2C1(c1ccccc1)c1ccccc1. The Kier molecular flexibility index (Phi) is 2.79. The van der Waals surface area contributed by atoms with Crippen molar-refractivity contribution in [1.29, 1.82) is 0 Å². The Morgan fingerprint density at radius 1 is 0.818 bits per heavy atom. The molecule has 2 heterocycles. The zero-order valence-electron chi connectivity index (χ0n) is 11.9. The minimum atomic E-state index is -0.918. The van der Waals surface area contributed by atoms with E-state index in [0.29, 0.717) is 5.84 Å². The Morgan fingerprint density at radius 3 is 2.00 bits per heavy atom. The predicted octanol–water partition coefficient (Wildman–Crippen LogP) is 3.25. The molecule has 1 amide bonds. The number of hydrogen-bond donors (Lipinski definition) is 0. The summed E-state index contributed by atoms with van der Waals surface area (Å²) in [5, 5.41) is 0. The highest BCUT2D eigenvalue weighted by Crippen LogP contribution is 2.42. The summed E-state index contributed by atoms with van der Waals surface area (Å²) in [6, 6.07) is 19.6. The highest BCUT2D eigenvalue weighted by atomic mass is 16.2. The van der Waals surface area contributed by atoms with Crippen LogP contribution in [-0.2, 0) is 10.3 Å². The van der Waals surface area contributed by atoms with Gasteiger partial charge in [0.15, 0.2) is 5.54 Å². The van der Waals surface area contributed by atoms with E-state index in [4.69, 9.17) is 0 Å². The third kappa shape index (κ3) is 1.62. The van der Waals surface area contributed by atoms with Crippen LogP contribution >= 0.6 is 0 Å². The van der Waals surface area contributed by atoms with Gasteiger partial charge in [0.25, 0.3) is 5.91 Å². The molecule has 2 aliphatic heterocycles. The van der Waals surface area contributed by atoms with Crippen molar-refractivity contribution in [3.05, 3.63) is 96.2 Å². The molecule has 4 rings (SSSR count). The number of allylic oxidation sites excluding steroid dienone is 2. The highest BCUT2D eigenvalue weighted by molar-refractivity contribution is 6.13. The van der Waals surface area contributed by atoms with Gasteiger partial charge in [-0.15, -0.1) is 0 Å². The summed E-state index contributed by atoms with van der Waals surface area (Å²) >= 11 is 0. The monoisotopic (exact) mass is 286 g/mol. The number of carbonyl (C=O) groups is 1. The smallest absolute Gasteiger partial charge is 0.283 e. The molecule has 0 spiro atoms. The van der Waals surface area contributed by atoms with Crippen molar-refractivity contribution in [2.45, 2.75) is 5.54 Å². The minimum Gasteiger partial charge on any atom is -0.310 e. The molecule has 0 radical (unpaired) electrons. The van der Waals surface area contributed by atoms with Crippen LogP contribution in [0.4, 0.5) is 0 Å². The minimum absolute atomic E-state index is 0.156. The molecular formula is C19H14N2O. The lowest BCUT2D eigenvalue weighted by atomic mass is 9.81. The second kappa shape index (κ2) is 4.81. The van der Waals surface area contributed by atoms with Gasteiger partial charge in [-0.1, -0.05) is 66.7 Å². The van der Waals surface area contributed by atoms with Gasteiger partial charge >= 0.3 is 0 Å². The van der Waals surface area contributed by atoms with E-state index < -0.39 is 5.54 Å². The molecule has 2 aliphatic rings. The molecule has 2 aromatic rings. The fourth-order valence-electron chi connectivity index (χ4n) is 3.15. The molecule has 3 nitrogen and oxygen atoms in total. The molecule has 106 valence electrons. The van der Waals surface area contributed by atoms with E-state index in [1.165, 1.54) is 0 Å². The second-order valence-corrected chi connectivity index (χ2v) is 5.29. The average Bonchev–Trinajstić information content (AvgIpc) is 2.89. The Morgan fingerprint density at radius 2 is 1.41 bits per heavy atom. The molecule has 0 fully saturated rings. The van der Waals surface area contributed by atoms with E-state index >= 15 is 0 Å². The van der Waals surface area contributed by atoms with Crippen molar-refractivity contribution >= 4 is 11.7 Å². The highest BCUT2D eigenvalue weighted by Gasteiger charge is 2.52. The number of nitrogens with zero attached hydrogens (tertiary/aromatic N) is 2. The van der Waals surface area contributed by atoms with Gasteiger partial charge < -0.3 is 4.90 Å². The summed E-state index contributed by atoms with van der Waals surface area (Å²) in [4.78, 5) is 19.2. The number of amidine groups is 1. The average molecular weight is 286 g/mol. The van der Waals surface area contributed by atoms with Crippen LogP contribution < -0.4 is 0 Å². The Balaban J connectivity index is 2.01. The standard InChI is InChI=1S/C19H14N2O/c22-18-19(15-9-3-1-4-10-15,16-11-5-2-6-12-16)21-14-8-7-13-17(21)20-18/h1-14H. The maximum Gasteiger partial charge on any atom is 0.283 e. The summed E-state index contributed by atoms with van der Waals surface area (Å²) in [6.45, 7) is 0. The van der Waals surface area contributed by atoms with Crippen LogP contribution in [0.15, 0.2) is 90.1 Å². The van der Waals surface area contributed by atoms with Gasteiger partial charge in [-0.05, 0) is 23.3 Å². The summed E-state index contributed by atoms with van der Waals surface area (Å²) < 4.78 is 0. The number of aliphatic imine (C=N–C) groups is 1. The van der Waals surface area contributed by atoms with Crippen molar-refractivity contribution in [2.75, 3.05) is 0 Å². The number of fused-ring (bicyclic) bond motifs is 1. The summed E-state index contributed by atoms with van der Waals surface area (Å²) in [5.41, 5.74) is 0.925. The quantitative estimate of drug-likeness (QED) is 0.849. The first kappa shape index (κ1) is 12.8. The van der Waals surface area contributed by atoms with Crippen molar-refractivity contribution in [3.8, 4) is 0 Å². The fraction of sp³-hybridized carbons (Fsp3) is 0.0526. The zero-order chi connectivity index (χ0) is 15.0. The first-order chi connectivity index (χ1) is 10.8. The molecule has 0 saturated heterocycles. The molecule has 0 bridgehead atoms. The van der Waals surface area contributed by atoms with E-state index in [0.717, 1.165) is 11.1 Å². The Labute approximate surface area is 128 Å². The second-order valence-electron chi connectivity index (χ2n) is 5.29. The van der Waals surface area contributed by atoms with E-state index in [1.807, 2.05) is 90.0 Å². The first-order valence-electron chi connectivity index (χ1n) is 7.22. The largest absolute Gasteiger partial charge is 0.310 e. The molecule has 3 heteroatoms. The molecule has 0 aromatic heterocycles. The van der Waals surface area contributed by atoms with E-state index in [1.54, 1.807) is 0 Å². The molecule has 22 heavy (non-hydrogen) atoms. The topological polar surface area (TPSA) is 32.7 Å². The van der Waals surface area contributed by atoms with Crippen LogP contribution in [0.5, 0.6) is 0 Å². The summed E-state index contributed by atoms with van der Waals surface area (Å²) in [5.74, 6) is 0.524. The van der Waals surface area contributed by atoms with Gasteiger partial charge in [0, 0.05) is 6.20 Å². The zero-order valence-corrected chi connectivity index (χ0v) is 11.9. The van der Waals surface area contributed by atoms with Crippen molar-refractivity contribution in [2.24, 2.45) is 4.99 Å². The maximum atomic E-state index is 13.0. The first-order valence-corrected chi connectivity index (χ1v) is 7.22. The lowest BCUT2D eigenvalue weighted by molar-refractivity contribution is -0.123. The van der Waals surface area contributed by atoms with Crippen molar-refractivity contribution in [1.82, 2.24) is 4.90 Å². The van der Waals surface area contributed by atoms with Gasteiger partial charge in [-0.2, -0.15) is 4.99 Å². The number of benzene rings is 2. The Hall–Kier alpha value is -2.94. The van der Waals surface area contributed by atoms with E-state index in [-0.39, 0.29) is 5.91 Å². The van der Waals surface area contributed by atoms with Crippen molar-refractivity contribution in [3.63, 3.8) is 0 Å². The molecular weight excluding hydrogens is 272 g/mol. The number of carbonyl (C=O) groups excluding carboxylic acids is 1.